The number of aromatic nitrogens is 2. The lowest BCUT2D eigenvalue weighted by Crippen LogP contribution is -2.28. The molecule has 3 rings (SSSR count). The van der Waals surface area contributed by atoms with Crippen LogP contribution in [0.2, 0.25) is 0 Å². The van der Waals surface area contributed by atoms with E-state index in [1.165, 1.54) is 22.2 Å². The molecule has 0 saturated carbocycles. The summed E-state index contributed by atoms with van der Waals surface area (Å²) in [6, 6.07) is 4.02. The number of benzene rings is 1. The fourth-order valence-corrected chi connectivity index (χ4v) is 3.20. The average Bonchev–Trinajstić information content (AvgIpc) is 3.07. The predicted octanol–water partition coefficient (Wildman–Crippen LogP) is 4.27. The van der Waals surface area contributed by atoms with Crippen molar-refractivity contribution in [2.45, 2.75) is 47.6 Å². The molecule has 0 aliphatic rings. The first-order valence-electron chi connectivity index (χ1n) is 8.49. The van der Waals surface area contributed by atoms with E-state index in [-0.39, 0.29) is 6.03 Å². The minimum atomic E-state index is -0.275. The molecule has 25 heavy (non-hydrogen) atoms. The monoisotopic (exact) mass is 340 g/mol. The Bertz CT molecular complexity index is 917. The molecule has 3 aromatic rings. The van der Waals surface area contributed by atoms with Gasteiger partial charge in [-0.25, -0.2) is 4.79 Å². The van der Waals surface area contributed by atoms with Gasteiger partial charge in [0.25, 0.3) is 0 Å². The van der Waals surface area contributed by atoms with Crippen molar-refractivity contribution in [2.24, 2.45) is 0 Å². The summed E-state index contributed by atoms with van der Waals surface area (Å²) in [6.45, 7) is 10.4. The van der Waals surface area contributed by atoms with Gasteiger partial charge in [-0.05, 0) is 51.3 Å². The van der Waals surface area contributed by atoms with Crippen LogP contribution in [0.5, 0.6) is 0 Å². The third kappa shape index (κ3) is 3.24. The highest BCUT2D eigenvalue weighted by molar-refractivity contribution is 5.91. The summed E-state index contributed by atoms with van der Waals surface area (Å²) >= 11 is 0. The highest BCUT2D eigenvalue weighted by Gasteiger charge is 2.14. The zero-order chi connectivity index (χ0) is 18.1. The third-order valence-electron chi connectivity index (χ3n) is 4.56. The summed E-state index contributed by atoms with van der Waals surface area (Å²) in [5.74, 6) is 0.596. The Hall–Kier alpha value is -2.76. The van der Waals surface area contributed by atoms with Gasteiger partial charge in [0.1, 0.15) is 11.4 Å². The number of nitrogens with one attached hydrogen (secondary N) is 3. The van der Waals surface area contributed by atoms with Crippen LogP contribution in [0.15, 0.2) is 16.7 Å². The number of amides is 2. The number of fused-ring (bicyclic) bond motifs is 1. The van der Waals surface area contributed by atoms with Crippen molar-refractivity contribution in [1.29, 1.82) is 0 Å². The Labute approximate surface area is 147 Å². The fourth-order valence-electron chi connectivity index (χ4n) is 3.20. The molecule has 0 aliphatic carbocycles. The second-order valence-electron chi connectivity index (χ2n) is 6.44. The van der Waals surface area contributed by atoms with Crippen LogP contribution in [0.25, 0.3) is 10.9 Å². The number of H-pyrrole nitrogens is 1. The van der Waals surface area contributed by atoms with Crippen LogP contribution >= 0.6 is 0 Å². The molecule has 6 heteroatoms. The second kappa shape index (κ2) is 6.63. The molecule has 0 aliphatic heterocycles. The lowest BCUT2D eigenvalue weighted by Gasteiger charge is -2.09. The van der Waals surface area contributed by atoms with Gasteiger partial charge in [-0.15, -0.1) is 0 Å². The van der Waals surface area contributed by atoms with Crippen molar-refractivity contribution in [2.75, 3.05) is 5.32 Å². The Balaban J connectivity index is 1.80. The number of nitrogens with zero attached hydrogens (tertiary/aromatic N) is 1. The van der Waals surface area contributed by atoms with Gasteiger partial charge in [-0.1, -0.05) is 23.7 Å². The molecule has 0 atom stereocenters. The normalized spacial score (nSPS) is 11.1. The quantitative estimate of drug-likeness (QED) is 0.663. The molecule has 1 aromatic carbocycles. The highest BCUT2D eigenvalue weighted by atomic mass is 16.5. The summed E-state index contributed by atoms with van der Waals surface area (Å²) < 4.78 is 5.06. The van der Waals surface area contributed by atoms with Crippen LogP contribution in [0.4, 0.5) is 10.5 Å². The number of rotatable bonds is 4. The molecule has 0 unspecified atom stereocenters. The molecule has 0 bridgehead atoms. The zero-order valence-electron chi connectivity index (χ0n) is 15.3. The molecule has 0 radical (unpaired) electrons. The Morgan fingerprint density at radius 2 is 2.00 bits per heavy atom. The van der Waals surface area contributed by atoms with Crippen LogP contribution in [-0.4, -0.2) is 16.2 Å². The number of urea groups is 1. The number of hydrogen-bond donors (Lipinski definition) is 3. The minimum Gasteiger partial charge on any atom is -0.359 e. The topological polar surface area (TPSA) is 83.0 Å². The van der Waals surface area contributed by atoms with Gasteiger partial charge in [0.15, 0.2) is 5.76 Å². The summed E-state index contributed by atoms with van der Waals surface area (Å²) in [5.41, 5.74) is 7.16. The molecular formula is C19H24N4O2. The van der Waals surface area contributed by atoms with Gasteiger partial charge in [0, 0.05) is 17.6 Å². The number of aromatic amines is 1. The van der Waals surface area contributed by atoms with Gasteiger partial charge in [-0.3, -0.25) is 0 Å². The van der Waals surface area contributed by atoms with Gasteiger partial charge >= 0.3 is 6.03 Å². The second-order valence-corrected chi connectivity index (χ2v) is 6.44. The number of carbonyl (C=O) groups is 1. The molecule has 3 N–H and O–H groups in total. The van der Waals surface area contributed by atoms with E-state index in [0.29, 0.717) is 23.7 Å². The number of hydrogen-bond acceptors (Lipinski definition) is 3. The van der Waals surface area contributed by atoms with Crippen LogP contribution in [-0.2, 0) is 13.0 Å². The summed E-state index contributed by atoms with van der Waals surface area (Å²) in [4.78, 5) is 15.7. The maximum atomic E-state index is 12.2. The number of anilines is 1. The third-order valence-corrected chi connectivity index (χ3v) is 4.56. The molecule has 2 amide bonds. The SMILES string of the molecule is CCc1[nH]c2c(CNC(=O)Nc3c(C)noc3C)cc(C)cc2c1C. The van der Waals surface area contributed by atoms with Gasteiger partial charge in [0.05, 0.1) is 5.52 Å². The molecule has 6 nitrogen and oxygen atoms in total. The molecule has 2 heterocycles. The van der Waals surface area contributed by atoms with E-state index in [2.05, 4.69) is 53.7 Å². The largest absolute Gasteiger partial charge is 0.359 e. The van der Waals surface area contributed by atoms with E-state index < -0.39 is 0 Å². The number of carbonyl (C=O) groups excluding carboxylic acids is 1. The minimum absolute atomic E-state index is 0.275. The van der Waals surface area contributed by atoms with E-state index in [0.717, 1.165) is 17.5 Å². The van der Waals surface area contributed by atoms with Crippen LogP contribution in [0.3, 0.4) is 0 Å². The summed E-state index contributed by atoms with van der Waals surface area (Å²) in [5, 5.41) is 10.8. The first kappa shape index (κ1) is 17.1. The molecule has 0 saturated heterocycles. The van der Waals surface area contributed by atoms with E-state index in [4.69, 9.17) is 4.52 Å². The van der Waals surface area contributed by atoms with E-state index in [9.17, 15) is 4.79 Å². The van der Waals surface area contributed by atoms with Crippen molar-refractivity contribution in [1.82, 2.24) is 15.5 Å². The van der Waals surface area contributed by atoms with Crippen molar-refractivity contribution in [3.05, 3.63) is 46.0 Å². The Kier molecular flexibility index (Phi) is 4.53. The summed E-state index contributed by atoms with van der Waals surface area (Å²) in [6.07, 6.45) is 0.957. The first-order valence-corrected chi connectivity index (χ1v) is 8.49. The van der Waals surface area contributed by atoms with Crippen LogP contribution in [0, 0.1) is 27.7 Å². The average molecular weight is 340 g/mol. The van der Waals surface area contributed by atoms with Crippen molar-refractivity contribution >= 4 is 22.6 Å². The number of aryl methyl sites for hydroxylation is 5. The van der Waals surface area contributed by atoms with Crippen LogP contribution in [0.1, 0.15) is 40.8 Å². The zero-order valence-corrected chi connectivity index (χ0v) is 15.3. The smallest absolute Gasteiger partial charge is 0.319 e. The van der Waals surface area contributed by atoms with E-state index in [1.807, 2.05) is 0 Å². The van der Waals surface area contributed by atoms with Gasteiger partial charge in [-0.2, -0.15) is 0 Å². The Morgan fingerprint density at radius 1 is 1.24 bits per heavy atom. The molecule has 132 valence electrons. The van der Waals surface area contributed by atoms with Gasteiger partial charge in [0.2, 0.25) is 0 Å². The molecule has 0 fully saturated rings. The van der Waals surface area contributed by atoms with Gasteiger partial charge < -0.3 is 20.1 Å². The Morgan fingerprint density at radius 3 is 2.64 bits per heavy atom. The van der Waals surface area contributed by atoms with E-state index in [1.54, 1.807) is 13.8 Å². The maximum Gasteiger partial charge on any atom is 0.319 e. The predicted molar refractivity (Wildman–Crippen MR) is 99.0 cm³/mol. The standard InChI is InChI=1S/C19H24N4O2/c1-6-16-11(3)15-8-10(2)7-14(18(15)21-16)9-20-19(24)22-17-12(4)23-25-13(17)5/h7-8,21H,6,9H2,1-5H3,(H2,20,22,24). The lowest BCUT2D eigenvalue weighted by atomic mass is 10.0. The van der Waals surface area contributed by atoms with Crippen molar-refractivity contribution < 1.29 is 9.32 Å². The molecule has 0 spiro atoms. The summed E-state index contributed by atoms with van der Waals surface area (Å²) in [7, 11) is 0. The first-order chi connectivity index (χ1) is 11.9. The molecular weight excluding hydrogens is 316 g/mol. The molecule has 2 aromatic heterocycles. The maximum absolute atomic E-state index is 12.2. The lowest BCUT2D eigenvalue weighted by molar-refractivity contribution is 0.251. The van der Waals surface area contributed by atoms with Crippen LogP contribution < -0.4 is 10.6 Å². The van der Waals surface area contributed by atoms with E-state index >= 15 is 0 Å². The highest BCUT2D eigenvalue weighted by Crippen LogP contribution is 2.27. The fraction of sp³-hybridized carbons (Fsp3) is 0.368. The van der Waals surface area contributed by atoms with Crippen molar-refractivity contribution in [3.8, 4) is 0 Å². The van der Waals surface area contributed by atoms with Crippen molar-refractivity contribution in [3.63, 3.8) is 0 Å².